The molecule has 1 atom stereocenters. The van der Waals surface area contributed by atoms with Crippen LogP contribution in [0.15, 0.2) is 65.6 Å². The first-order chi connectivity index (χ1) is 18.4. The van der Waals surface area contributed by atoms with Gasteiger partial charge in [0.2, 0.25) is 22.7 Å². The molecule has 3 aromatic rings. The second kappa shape index (κ2) is 9.68. The van der Waals surface area contributed by atoms with Crippen molar-refractivity contribution < 1.29 is 27.4 Å². The number of hydrogen-bond acceptors (Lipinski definition) is 7. The molecule has 1 saturated carbocycles. The molecule has 3 aliphatic rings. The van der Waals surface area contributed by atoms with Crippen LogP contribution >= 0.6 is 0 Å². The fourth-order valence-electron chi connectivity index (χ4n) is 5.28. The monoisotopic (exact) mass is 535 g/mol. The van der Waals surface area contributed by atoms with Crippen molar-refractivity contribution in [1.29, 1.82) is 0 Å². The number of amides is 1. The number of nitrogens with zero attached hydrogens (tertiary/aromatic N) is 2. The molecular weight excluding hydrogens is 506 g/mol. The minimum Gasteiger partial charge on any atom is -0.454 e. The van der Waals surface area contributed by atoms with Crippen LogP contribution in [0, 0.1) is 0 Å². The zero-order valence-corrected chi connectivity index (χ0v) is 21.9. The Balaban J connectivity index is 1.18. The van der Waals surface area contributed by atoms with Crippen molar-refractivity contribution in [2.75, 3.05) is 32.4 Å². The average molecular weight is 536 g/mol. The van der Waals surface area contributed by atoms with Gasteiger partial charge >= 0.3 is 0 Å². The van der Waals surface area contributed by atoms with E-state index >= 15 is 0 Å². The molecule has 2 aromatic carbocycles. The number of anilines is 1. The number of sulfonamides is 1. The lowest BCUT2D eigenvalue weighted by Crippen LogP contribution is -2.38. The van der Waals surface area contributed by atoms with Crippen LogP contribution in [0.1, 0.15) is 31.2 Å². The van der Waals surface area contributed by atoms with E-state index in [1.165, 1.54) is 4.31 Å². The van der Waals surface area contributed by atoms with Crippen molar-refractivity contribution in [2.45, 2.75) is 42.0 Å². The largest absolute Gasteiger partial charge is 0.454 e. The predicted octanol–water partition coefficient (Wildman–Crippen LogP) is 3.95. The summed E-state index contributed by atoms with van der Waals surface area (Å²) in [5, 5.41) is 2.97. The summed E-state index contributed by atoms with van der Waals surface area (Å²) in [6, 6.07) is 17.6. The molecule has 2 aliphatic heterocycles. The summed E-state index contributed by atoms with van der Waals surface area (Å²) in [5.41, 5.74) is 1.69. The van der Waals surface area contributed by atoms with Gasteiger partial charge in [0.05, 0.1) is 22.6 Å². The molecule has 2 fully saturated rings. The number of aromatic nitrogens is 1. The Morgan fingerprint density at radius 1 is 1.11 bits per heavy atom. The second-order valence-electron chi connectivity index (χ2n) is 9.90. The highest BCUT2D eigenvalue weighted by Gasteiger charge is 2.51. The lowest BCUT2D eigenvalue weighted by atomic mass is 9.94. The quantitative estimate of drug-likeness (QED) is 0.466. The maximum absolute atomic E-state index is 13.3. The third-order valence-corrected chi connectivity index (χ3v) is 9.51. The van der Waals surface area contributed by atoms with Crippen molar-refractivity contribution in [2.24, 2.45) is 0 Å². The van der Waals surface area contributed by atoms with E-state index in [9.17, 15) is 13.2 Å². The van der Waals surface area contributed by atoms with E-state index in [1.807, 2.05) is 30.3 Å². The number of carbonyl (C=O) groups is 1. The zero-order chi connectivity index (χ0) is 26.3. The Labute approximate surface area is 221 Å². The molecule has 38 heavy (non-hydrogen) atoms. The maximum atomic E-state index is 13.3. The van der Waals surface area contributed by atoms with Crippen LogP contribution < -0.4 is 14.8 Å². The average Bonchev–Trinajstić information content (AvgIpc) is 3.37. The Morgan fingerprint density at radius 2 is 1.89 bits per heavy atom. The topological polar surface area (TPSA) is 107 Å². The molecule has 0 radical (unpaired) electrons. The molecule has 1 saturated heterocycles. The SMILES string of the molecule is COC[C@H]1CCCN1S(=O)(=O)c1ccc(-c2cccc(NC(=O)C3(c4ccc5c(c4)OCO5)CC3)n2)cc1. The summed E-state index contributed by atoms with van der Waals surface area (Å²) in [4.78, 5) is 18.2. The number of pyridine rings is 1. The number of carbonyl (C=O) groups excluding carboxylic acids is 1. The van der Waals surface area contributed by atoms with Crippen molar-refractivity contribution in [3.05, 3.63) is 66.2 Å². The third kappa shape index (κ3) is 4.42. The maximum Gasteiger partial charge on any atom is 0.243 e. The van der Waals surface area contributed by atoms with E-state index in [0.29, 0.717) is 36.2 Å². The molecule has 1 amide bonds. The van der Waals surface area contributed by atoms with Crippen molar-refractivity contribution >= 4 is 21.7 Å². The van der Waals surface area contributed by atoms with E-state index in [4.69, 9.17) is 14.2 Å². The van der Waals surface area contributed by atoms with E-state index < -0.39 is 15.4 Å². The molecule has 1 aromatic heterocycles. The molecule has 6 rings (SSSR count). The van der Waals surface area contributed by atoms with Gasteiger partial charge in [-0.15, -0.1) is 0 Å². The summed E-state index contributed by atoms with van der Waals surface area (Å²) in [5.74, 6) is 1.67. The van der Waals surface area contributed by atoms with Crippen LogP contribution in [0.2, 0.25) is 0 Å². The second-order valence-corrected chi connectivity index (χ2v) is 11.8. The fraction of sp³-hybridized carbons (Fsp3) is 0.357. The van der Waals surface area contributed by atoms with Gasteiger partial charge in [0.25, 0.3) is 0 Å². The number of methoxy groups -OCH3 is 1. The summed E-state index contributed by atoms with van der Waals surface area (Å²) < 4.78 is 44.1. The fourth-order valence-corrected chi connectivity index (χ4v) is 6.96. The van der Waals surface area contributed by atoms with Gasteiger partial charge < -0.3 is 19.5 Å². The van der Waals surface area contributed by atoms with Gasteiger partial charge in [0, 0.05) is 25.3 Å². The molecule has 10 heteroatoms. The van der Waals surface area contributed by atoms with Crippen LogP contribution in [0.3, 0.4) is 0 Å². The van der Waals surface area contributed by atoms with Gasteiger partial charge in [-0.25, -0.2) is 13.4 Å². The Kier molecular flexibility index (Phi) is 6.33. The molecule has 0 unspecified atom stereocenters. The van der Waals surface area contributed by atoms with Crippen LogP contribution in [0.4, 0.5) is 5.82 Å². The van der Waals surface area contributed by atoms with Crippen LogP contribution in [0.25, 0.3) is 11.3 Å². The first kappa shape index (κ1) is 24.8. The zero-order valence-electron chi connectivity index (χ0n) is 21.1. The van der Waals surface area contributed by atoms with Crippen LogP contribution in [-0.2, 0) is 25.0 Å². The van der Waals surface area contributed by atoms with Gasteiger partial charge in [-0.3, -0.25) is 4.79 Å². The smallest absolute Gasteiger partial charge is 0.243 e. The number of nitrogens with one attached hydrogen (secondary N) is 1. The standard InChI is InChI=1S/C28H29N3O6S/c1-35-17-21-4-3-15-31(21)38(33,34)22-10-7-19(8-11-22)23-5-2-6-26(29-23)30-27(32)28(13-14-28)20-9-12-24-25(16-20)37-18-36-24/h2,5-12,16,21H,3-4,13-15,17-18H2,1H3,(H,29,30,32)/t21-/m1/s1. The highest BCUT2D eigenvalue weighted by atomic mass is 32.2. The van der Waals surface area contributed by atoms with Gasteiger partial charge in [-0.2, -0.15) is 4.31 Å². The van der Waals surface area contributed by atoms with E-state index in [1.54, 1.807) is 37.4 Å². The highest BCUT2D eigenvalue weighted by Crippen LogP contribution is 2.51. The summed E-state index contributed by atoms with van der Waals surface area (Å²) in [6.07, 6.45) is 3.11. The van der Waals surface area contributed by atoms with Crippen molar-refractivity contribution in [1.82, 2.24) is 9.29 Å². The van der Waals surface area contributed by atoms with Crippen LogP contribution in [0.5, 0.6) is 11.5 Å². The number of hydrogen-bond donors (Lipinski definition) is 1. The van der Waals surface area contributed by atoms with Crippen molar-refractivity contribution in [3.8, 4) is 22.8 Å². The Hall–Kier alpha value is -3.47. The number of rotatable bonds is 8. The van der Waals surface area contributed by atoms with Gasteiger partial charge in [-0.1, -0.05) is 24.3 Å². The number of fused-ring (bicyclic) bond motifs is 1. The highest BCUT2D eigenvalue weighted by molar-refractivity contribution is 7.89. The van der Waals surface area contributed by atoms with E-state index in [2.05, 4.69) is 10.3 Å². The molecule has 1 N–H and O–H groups in total. The lowest BCUT2D eigenvalue weighted by Gasteiger charge is -2.23. The lowest BCUT2D eigenvalue weighted by molar-refractivity contribution is -0.118. The predicted molar refractivity (Wildman–Crippen MR) is 141 cm³/mol. The molecule has 1 aliphatic carbocycles. The first-order valence-electron chi connectivity index (χ1n) is 12.7. The molecule has 0 spiro atoms. The van der Waals surface area contributed by atoms with Gasteiger partial charge in [0.1, 0.15) is 5.82 Å². The van der Waals surface area contributed by atoms with E-state index in [-0.39, 0.29) is 23.6 Å². The Morgan fingerprint density at radius 3 is 2.66 bits per heavy atom. The Bertz CT molecular complexity index is 1470. The number of ether oxygens (including phenoxy) is 3. The summed E-state index contributed by atoms with van der Waals surface area (Å²) >= 11 is 0. The number of benzene rings is 2. The minimum atomic E-state index is -3.61. The normalized spacial score (nSPS) is 19.9. The molecule has 3 heterocycles. The molecule has 198 valence electrons. The van der Waals surface area contributed by atoms with E-state index in [0.717, 1.165) is 36.8 Å². The molecule has 0 bridgehead atoms. The first-order valence-corrected chi connectivity index (χ1v) is 14.1. The molecule has 9 nitrogen and oxygen atoms in total. The minimum absolute atomic E-state index is 0.112. The summed E-state index contributed by atoms with van der Waals surface area (Å²) in [6.45, 7) is 1.07. The molecular formula is C28H29N3O6S. The van der Waals surface area contributed by atoms with Gasteiger partial charge in [0.15, 0.2) is 11.5 Å². The van der Waals surface area contributed by atoms with Crippen molar-refractivity contribution in [3.63, 3.8) is 0 Å². The van der Waals surface area contributed by atoms with Gasteiger partial charge in [-0.05, 0) is 67.6 Å². The van der Waals surface area contributed by atoms with Crippen LogP contribution in [-0.4, -0.2) is 56.7 Å². The third-order valence-electron chi connectivity index (χ3n) is 7.54. The summed E-state index contributed by atoms with van der Waals surface area (Å²) in [7, 11) is -2.03.